The number of hydrogen-bond donors (Lipinski definition) is 2. The summed E-state index contributed by atoms with van der Waals surface area (Å²) in [6, 6.07) is 1.91. The van der Waals surface area contributed by atoms with Gasteiger partial charge in [0.1, 0.15) is 5.82 Å². The van der Waals surface area contributed by atoms with Gasteiger partial charge >= 0.3 is 0 Å². The lowest BCUT2D eigenvalue weighted by atomic mass is 10.1. The summed E-state index contributed by atoms with van der Waals surface area (Å²) < 4.78 is 5.54. The first kappa shape index (κ1) is 16.2. The number of ether oxygens (including phenoxy) is 1. The Labute approximate surface area is 120 Å². The molecule has 6 nitrogen and oxygen atoms in total. The van der Waals surface area contributed by atoms with E-state index in [1.807, 2.05) is 45.7 Å². The second-order valence-corrected chi connectivity index (χ2v) is 5.11. The van der Waals surface area contributed by atoms with Gasteiger partial charge in [-0.1, -0.05) is 5.16 Å². The van der Waals surface area contributed by atoms with E-state index in [0.29, 0.717) is 24.5 Å². The van der Waals surface area contributed by atoms with Crippen molar-refractivity contribution in [2.75, 3.05) is 25.1 Å². The minimum Gasteiger partial charge on any atom is -0.409 e. The molecule has 0 aliphatic rings. The molecular weight excluding hydrogens is 256 g/mol. The smallest absolute Gasteiger partial charge is 0.174 e. The van der Waals surface area contributed by atoms with Crippen molar-refractivity contribution < 1.29 is 9.94 Å². The van der Waals surface area contributed by atoms with E-state index < -0.39 is 0 Å². The zero-order valence-corrected chi connectivity index (χ0v) is 12.8. The highest BCUT2D eigenvalue weighted by atomic mass is 16.5. The van der Waals surface area contributed by atoms with E-state index in [9.17, 15) is 0 Å². The van der Waals surface area contributed by atoms with Crippen LogP contribution in [0.3, 0.4) is 0 Å². The van der Waals surface area contributed by atoms with Crippen molar-refractivity contribution in [3.8, 4) is 0 Å². The maximum atomic E-state index is 8.93. The van der Waals surface area contributed by atoms with Crippen molar-refractivity contribution in [2.24, 2.45) is 10.9 Å². The normalized spacial score (nSPS) is 12.0. The molecule has 0 bridgehead atoms. The molecule has 0 aromatic carbocycles. The predicted octanol–water partition coefficient (Wildman–Crippen LogP) is 1.65. The van der Waals surface area contributed by atoms with Crippen LogP contribution >= 0.6 is 0 Å². The Kier molecular flexibility index (Phi) is 5.76. The molecule has 0 aliphatic heterocycles. The van der Waals surface area contributed by atoms with Crippen LogP contribution in [0, 0.1) is 13.8 Å². The van der Waals surface area contributed by atoms with E-state index in [-0.39, 0.29) is 11.9 Å². The molecule has 20 heavy (non-hydrogen) atoms. The molecule has 0 fully saturated rings. The average molecular weight is 280 g/mol. The predicted molar refractivity (Wildman–Crippen MR) is 80.6 cm³/mol. The molecule has 0 aliphatic carbocycles. The van der Waals surface area contributed by atoms with Crippen molar-refractivity contribution in [2.45, 2.75) is 33.8 Å². The van der Waals surface area contributed by atoms with Gasteiger partial charge in [0.2, 0.25) is 0 Å². The van der Waals surface area contributed by atoms with Gasteiger partial charge in [-0.15, -0.1) is 0 Å². The van der Waals surface area contributed by atoms with Gasteiger partial charge in [0.25, 0.3) is 0 Å². The lowest BCUT2D eigenvalue weighted by Crippen LogP contribution is -2.29. The number of rotatable bonds is 6. The molecule has 0 saturated heterocycles. The summed E-state index contributed by atoms with van der Waals surface area (Å²) in [5.74, 6) is 0.770. The Morgan fingerprint density at radius 3 is 2.70 bits per heavy atom. The Balaban J connectivity index is 3.03. The highest BCUT2D eigenvalue weighted by Gasteiger charge is 2.16. The Morgan fingerprint density at radius 2 is 2.15 bits per heavy atom. The molecule has 0 amide bonds. The van der Waals surface area contributed by atoms with Crippen LogP contribution in [0.2, 0.25) is 0 Å². The number of likely N-dealkylation sites (N-methyl/N-ethyl adjacent to an activating group) is 1. The second-order valence-electron chi connectivity index (χ2n) is 5.11. The fraction of sp³-hybridized carbons (Fsp3) is 0.571. The summed E-state index contributed by atoms with van der Waals surface area (Å²) in [5, 5.41) is 12.0. The maximum absolute atomic E-state index is 8.93. The second kappa shape index (κ2) is 7.09. The monoisotopic (exact) mass is 280 g/mol. The number of pyridine rings is 1. The summed E-state index contributed by atoms with van der Waals surface area (Å²) >= 11 is 0. The van der Waals surface area contributed by atoms with Crippen molar-refractivity contribution in [1.29, 1.82) is 0 Å². The van der Waals surface area contributed by atoms with Gasteiger partial charge in [-0.2, -0.15) is 0 Å². The topological polar surface area (TPSA) is 84.0 Å². The molecule has 112 valence electrons. The van der Waals surface area contributed by atoms with E-state index >= 15 is 0 Å². The number of amidine groups is 1. The van der Waals surface area contributed by atoms with Crippen LogP contribution in [-0.2, 0) is 4.74 Å². The molecule has 6 heteroatoms. The molecule has 1 heterocycles. The van der Waals surface area contributed by atoms with E-state index in [0.717, 1.165) is 11.3 Å². The number of nitrogens with zero attached hydrogens (tertiary/aromatic N) is 3. The third-order valence-corrected chi connectivity index (χ3v) is 2.93. The molecular formula is C14H24N4O2. The lowest BCUT2D eigenvalue weighted by molar-refractivity contribution is 0.0845. The van der Waals surface area contributed by atoms with Crippen molar-refractivity contribution in [3.05, 3.63) is 22.9 Å². The van der Waals surface area contributed by atoms with Gasteiger partial charge in [-0.3, -0.25) is 0 Å². The number of aryl methyl sites for hydroxylation is 2. The minimum absolute atomic E-state index is 0.0710. The van der Waals surface area contributed by atoms with Gasteiger partial charge in [0.05, 0.1) is 18.3 Å². The Hall–Kier alpha value is -1.82. The minimum atomic E-state index is 0.0710. The van der Waals surface area contributed by atoms with Crippen LogP contribution in [0.15, 0.2) is 11.2 Å². The van der Waals surface area contributed by atoms with Crippen LogP contribution in [0.25, 0.3) is 0 Å². The highest BCUT2D eigenvalue weighted by molar-refractivity contribution is 6.02. The first-order chi connectivity index (χ1) is 9.36. The first-order valence-electron chi connectivity index (χ1n) is 6.65. The first-order valence-corrected chi connectivity index (χ1v) is 6.65. The van der Waals surface area contributed by atoms with Crippen molar-refractivity contribution >= 4 is 11.7 Å². The van der Waals surface area contributed by atoms with Crippen molar-refractivity contribution in [1.82, 2.24) is 4.98 Å². The fourth-order valence-electron chi connectivity index (χ4n) is 1.99. The van der Waals surface area contributed by atoms with Crippen LogP contribution in [0.4, 0.5) is 5.82 Å². The fourth-order valence-corrected chi connectivity index (χ4v) is 1.99. The quantitative estimate of drug-likeness (QED) is 0.358. The van der Waals surface area contributed by atoms with Crippen LogP contribution in [-0.4, -0.2) is 42.3 Å². The number of aromatic nitrogens is 1. The Bertz CT molecular complexity index is 486. The Morgan fingerprint density at radius 1 is 1.50 bits per heavy atom. The molecule has 0 unspecified atom stereocenters. The van der Waals surface area contributed by atoms with Crippen molar-refractivity contribution in [3.63, 3.8) is 0 Å². The summed E-state index contributed by atoms with van der Waals surface area (Å²) in [4.78, 5) is 6.45. The molecule has 0 radical (unpaired) electrons. The summed E-state index contributed by atoms with van der Waals surface area (Å²) in [7, 11) is 1.92. The van der Waals surface area contributed by atoms with Gasteiger partial charge in [0.15, 0.2) is 5.84 Å². The van der Waals surface area contributed by atoms with Crippen LogP contribution < -0.4 is 10.6 Å². The highest BCUT2D eigenvalue weighted by Crippen LogP contribution is 2.21. The SMILES string of the molecule is Cc1cc(C)c(/C(N)=N/O)c(N(C)CCOC(C)C)n1. The summed E-state index contributed by atoms with van der Waals surface area (Å²) in [5.41, 5.74) is 8.24. The van der Waals surface area contributed by atoms with Gasteiger partial charge in [-0.25, -0.2) is 4.98 Å². The van der Waals surface area contributed by atoms with Crippen LogP contribution in [0.1, 0.15) is 30.7 Å². The third kappa shape index (κ3) is 4.09. The molecule has 0 spiro atoms. The number of nitrogens with two attached hydrogens (primary N) is 1. The summed E-state index contributed by atoms with van der Waals surface area (Å²) in [6.45, 7) is 9.11. The van der Waals surface area contributed by atoms with Gasteiger partial charge in [-0.05, 0) is 39.3 Å². The molecule has 0 atom stereocenters. The molecule has 1 aromatic rings. The molecule has 3 N–H and O–H groups in total. The molecule has 0 saturated carbocycles. The third-order valence-electron chi connectivity index (χ3n) is 2.93. The summed E-state index contributed by atoms with van der Waals surface area (Å²) in [6.07, 6.45) is 0.194. The lowest BCUT2D eigenvalue weighted by Gasteiger charge is -2.23. The zero-order chi connectivity index (χ0) is 15.3. The molecule has 1 aromatic heterocycles. The standard InChI is InChI=1S/C14H24N4O2/c1-9(2)20-7-6-18(5)14-12(13(15)17-19)10(3)8-11(4)16-14/h8-9,19H,6-7H2,1-5H3,(H2,15,17). The largest absolute Gasteiger partial charge is 0.409 e. The van der Waals surface area contributed by atoms with Gasteiger partial charge < -0.3 is 20.6 Å². The average Bonchev–Trinajstić information content (AvgIpc) is 2.36. The number of anilines is 1. The van der Waals surface area contributed by atoms with E-state index in [1.165, 1.54) is 0 Å². The van der Waals surface area contributed by atoms with Gasteiger partial charge in [0, 0.05) is 19.3 Å². The number of hydrogen-bond acceptors (Lipinski definition) is 5. The van der Waals surface area contributed by atoms with E-state index in [4.69, 9.17) is 15.7 Å². The zero-order valence-electron chi connectivity index (χ0n) is 12.8. The van der Waals surface area contributed by atoms with E-state index in [2.05, 4.69) is 10.1 Å². The van der Waals surface area contributed by atoms with Crippen LogP contribution in [0.5, 0.6) is 0 Å². The number of oxime groups is 1. The molecule has 1 rings (SSSR count). The maximum Gasteiger partial charge on any atom is 0.174 e. The van der Waals surface area contributed by atoms with E-state index in [1.54, 1.807) is 0 Å².